The van der Waals surface area contributed by atoms with Gasteiger partial charge in [-0.3, -0.25) is 0 Å². The highest BCUT2D eigenvalue weighted by molar-refractivity contribution is 6.16. The molecule has 0 saturated heterocycles. The topological polar surface area (TPSA) is 26.8 Å². The van der Waals surface area contributed by atoms with Crippen LogP contribution < -0.4 is 0 Å². The van der Waals surface area contributed by atoms with E-state index in [2.05, 4.69) is 84.0 Å². The largest absolute Gasteiger partial charge is 0.448 e. The fourth-order valence-corrected chi connectivity index (χ4v) is 6.57. The van der Waals surface area contributed by atoms with E-state index in [4.69, 9.17) is 0 Å². The molecule has 0 radical (unpaired) electrons. The lowest BCUT2D eigenvalue weighted by Crippen LogP contribution is -2.13. The van der Waals surface area contributed by atoms with E-state index in [1.807, 2.05) is 0 Å². The number of hydrogen-bond donors (Lipinski definition) is 0. The first-order valence-electron chi connectivity index (χ1n) is 18.0. The van der Waals surface area contributed by atoms with Crippen molar-refractivity contribution >= 4 is 11.4 Å². The lowest BCUT2D eigenvalue weighted by Gasteiger charge is -2.13. The molecule has 1 N–H and O–H groups in total. The minimum Gasteiger partial charge on any atom is -0.448 e. The molecule has 43 heavy (non-hydrogen) atoms. The van der Waals surface area contributed by atoms with Crippen LogP contribution in [0.2, 0.25) is 0 Å². The molecule has 0 bridgehead atoms. The van der Waals surface area contributed by atoms with Crippen LogP contribution in [-0.2, 0) is 25.7 Å². The molecule has 0 aromatic heterocycles. The highest BCUT2D eigenvalue weighted by Crippen LogP contribution is 2.36. The third-order valence-electron chi connectivity index (χ3n) is 9.03. The van der Waals surface area contributed by atoms with Crippen molar-refractivity contribution in [3.63, 3.8) is 0 Å². The minimum atomic E-state index is 1.04. The molecular weight excluding hydrogens is 520 g/mol. The Morgan fingerprint density at radius 1 is 0.535 bits per heavy atom. The van der Waals surface area contributed by atoms with Gasteiger partial charge in [-0.25, -0.2) is 4.68 Å². The summed E-state index contributed by atoms with van der Waals surface area (Å²) in [5, 5.41) is 0. The highest BCUT2D eigenvalue weighted by atomic mass is 15.3. The standard InChI is InChI=1S/C41H62N2/c1-7-12-17-21-33-26-34(22-18-13-8-2)29-37(28-33)40-32(6)39(25-16-11-5)41(43(40)42)38-30-35(23-19-14-9-3)27-36(31-38)24-20-15-10-4/h25-31,42H,7-24H2,1-6H3. The van der Waals surface area contributed by atoms with Crippen LogP contribution in [-0.4, -0.2) is 10.4 Å². The second-order valence-electron chi connectivity index (χ2n) is 13.0. The quantitative estimate of drug-likeness (QED) is 0.110. The number of unbranched alkanes of at least 4 members (excludes halogenated alkanes) is 9. The average Bonchev–Trinajstić information content (AvgIpc) is 3.25. The lowest BCUT2D eigenvalue weighted by atomic mass is 9.91. The summed E-state index contributed by atoms with van der Waals surface area (Å²) in [5.41, 5.74) is 12.9. The maximum Gasteiger partial charge on any atom is 0.215 e. The van der Waals surface area contributed by atoms with Crippen molar-refractivity contribution in [2.45, 2.75) is 157 Å². The molecule has 236 valence electrons. The molecule has 1 aliphatic rings. The molecule has 0 saturated carbocycles. The van der Waals surface area contributed by atoms with E-state index in [-0.39, 0.29) is 0 Å². The van der Waals surface area contributed by atoms with Gasteiger partial charge in [-0.1, -0.05) is 111 Å². The van der Waals surface area contributed by atoms with E-state index in [0.717, 1.165) is 49.9 Å². The first-order chi connectivity index (χ1) is 21.0. The van der Waals surface area contributed by atoms with Crippen molar-refractivity contribution < 1.29 is 4.68 Å². The van der Waals surface area contributed by atoms with Gasteiger partial charge in [0.2, 0.25) is 11.4 Å². The molecule has 1 heterocycles. The Kier molecular flexibility index (Phi) is 15.3. The second-order valence-corrected chi connectivity index (χ2v) is 13.0. The Labute approximate surface area is 265 Å². The van der Waals surface area contributed by atoms with E-state index >= 15 is 0 Å². The number of nitrogens with zero attached hydrogens (tertiary/aromatic N) is 1. The van der Waals surface area contributed by atoms with Crippen LogP contribution in [0.5, 0.6) is 0 Å². The number of rotatable bonds is 20. The molecule has 0 aliphatic carbocycles. The normalized spacial score (nSPS) is 14.5. The van der Waals surface area contributed by atoms with Crippen LogP contribution in [0.1, 0.15) is 165 Å². The smallest absolute Gasteiger partial charge is 0.215 e. The summed E-state index contributed by atoms with van der Waals surface area (Å²) < 4.78 is 1.80. The van der Waals surface area contributed by atoms with E-state index in [0.29, 0.717) is 0 Å². The van der Waals surface area contributed by atoms with E-state index in [1.54, 1.807) is 4.68 Å². The first kappa shape index (κ1) is 34.9. The van der Waals surface area contributed by atoms with E-state index in [9.17, 15) is 5.84 Å². The Morgan fingerprint density at radius 2 is 0.930 bits per heavy atom. The first-order valence-corrected chi connectivity index (χ1v) is 18.0. The lowest BCUT2D eigenvalue weighted by molar-refractivity contribution is -0.347. The number of nitrogens with one attached hydrogen (secondary N) is 1. The van der Waals surface area contributed by atoms with E-state index in [1.165, 1.54) is 122 Å². The number of hydrogen-bond acceptors (Lipinski definition) is 0. The molecule has 0 amide bonds. The van der Waals surface area contributed by atoms with Crippen LogP contribution in [0.4, 0.5) is 0 Å². The predicted molar refractivity (Wildman–Crippen MR) is 190 cm³/mol. The predicted octanol–water partition coefficient (Wildman–Crippen LogP) is 12.6. The Bertz CT molecular complexity index is 1190. The maximum atomic E-state index is 9.67. The zero-order valence-corrected chi connectivity index (χ0v) is 28.7. The fourth-order valence-electron chi connectivity index (χ4n) is 6.57. The van der Waals surface area contributed by atoms with Crippen molar-refractivity contribution in [2.75, 3.05) is 0 Å². The van der Waals surface area contributed by atoms with Crippen molar-refractivity contribution in [1.82, 2.24) is 0 Å². The van der Waals surface area contributed by atoms with Crippen molar-refractivity contribution in [3.8, 4) is 0 Å². The summed E-state index contributed by atoms with van der Waals surface area (Å²) in [5.74, 6) is 9.67. The summed E-state index contributed by atoms with van der Waals surface area (Å²) in [6.45, 7) is 13.7. The van der Waals surface area contributed by atoms with Crippen molar-refractivity contribution in [3.05, 3.63) is 92.8 Å². The summed E-state index contributed by atoms with van der Waals surface area (Å²) >= 11 is 0. The van der Waals surface area contributed by atoms with Gasteiger partial charge < -0.3 is 5.84 Å². The van der Waals surface area contributed by atoms with Crippen LogP contribution in [0.25, 0.3) is 11.5 Å². The molecule has 0 atom stereocenters. The molecular formula is C41H62N2. The van der Waals surface area contributed by atoms with Crippen LogP contribution in [0.3, 0.4) is 0 Å². The molecule has 2 aromatic carbocycles. The summed E-state index contributed by atoms with van der Waals surface area (Å²) in [7, 11) is 0. The van der Waals surface area contributed by atoms with Crippen LogP contribution in [0.15, 0.2) is 53.6 Å². The fraction of sp³-hybridized carbons (Fsp3) is 0.585. The molecule has 3 rings (SSSR count). The summed E-state index contributed by atoms with van der Waals surface area (Å²) in [6, 6.07) is 14.5. The van der Waals surface area contributed by atoms with Crippen LogP contribution in [0, 0.1) is 0 Å². The Hall–Kier alpha value is -2.61. The molecule has 2 heteroatoms. The highest BCUT2D eigenvalue weighted by Gasteiger charge is 2.33. The van der Waals surface area contributed by atoms with Gasteiger partial charge in [-0.05, 0) is 111 Å². The van der Waals surface area contributed by atoms with Crippen molar-refractivity contribution in [2.24, 2.45) is 0 Å². The Balaban J connectivity index is 2.14. The average molecular weight is 583 g/mol. The Morgan fingerprint density at radius 3 is 1.30 bits per heavy atom. The van der Waals surface area contributed by atoms with Gasteiger partial charge in [0.15, 0.2) is 0 Å². The monoisotopic (exact) mass is 582 g/mol. The van der Waals surface area contributed by atoms with Gasteiger partial charge in [0, 0.05) is 16.7 Å². The van der Waals surface area contributed by atoms with Gasteiger partial charge >= 0.3 is 0 Å². The SMILES string of the molecule is CCCC=C1C(C)=C(c2cc(CCCCC)cc(CCCCC)c2)[N+]([NH-])=C1c1cc(CCCCC)cc(CCCCC)c1. The molecule has 0 unspecified atom stereocenters. The zero-order chi connectivity index (χ0) is 31.0. The van der Waals surface area contributed by atoms with Gasteiger partial charge in [0.05, 0.1) is 5.57 Å². The summed E-state index contributed by atoms with van der Waals surface area (Å²) in [4.78, 5) is 0. The van der Waals surface area contributed by atoms with E-state index < -0.39 is 0 Å². The molecule has 0 spiro atoms. The second kappa shape index (κ2) is 18.9. The maximum absolute atomic E-state index is 9.67. The van der Waals surface area contributed by atoms with Gasteiger partial charge in [0.25, 0.3) is 0 Å². The third kappa shape index (κ3) is 10.2. The van der Waals surface area contributed by atoms with Gasteiger partial charge in [-0.2, -0.15) is 0 Å². The van der Waals surface area contributed by atoms with Crippen molar-refractivity contribution in [1.29, 1.82) is 0 Å². The molecule has 1 aliphatic heterocycles. The molecule has 2 nitrogen and oxygen atoms in total. The minimum absolute atomic E-state index is 1.04. The molecule has 0 fully saturated rings. The number of allylic oxidation sites excluding steroid dienone is 3. The number of aryl methyl sites for hydroxylation is 4. The third-order valence-corrected chi connectivity index (χ3v) is 9.03. The number of benzene rings is 2. The van der Waals surface area contributed by atoms with Gasteiger partial charge in [0.1, 0.15) is 0 Å². The van der Waals surface area contributed by atoms with Crippen LogP contribution >= 0.6 is 0 Å². The van der Waals surface area contributed by atoms with Gasteiger partial charge in [-0.15, -0.1) is 0 Å². The zero-order valence-electron chi connectivity index (χ0n) is 28.7. The molecule has 2 aromatic rings. The summed E-state index contributed by atoms with van der Waals surface area (Å²) in [6.07, 6.45) is 24.1.